The standard InChI is InChI=1S/C18H21ClN6O7S2.Na/c19-3-4-21-17(30)32-5-1-2-18(15(28)29)7-25-13(27)11(14(25)34-8-18)23-12(26)10(24-31)9-6-33-16(20)22-9;/h1-2,6,11,14,31H,3-5,7-8H2,(H2,20,22)(H,21,30)(H,23,26)(H,28,29);/q;+1/p-1/t11?,14-,18?;/m1./s1. The molecular weight excluding hydrogens is 535 g/mol. The van der Waals surface area contributed by atoms with Crippen molar-refractivity contribution in [1.82, 2.24) is 20.5 Å². The number of carboxylic acids is 1. The monoisotopic (exact) mass is 554 g/mol. The molecule has 184 valence electrons. The number of nitrogens with zero attached hydrogens (tertiary/aromatic N) is 3. The number of hydrogen-bond donors (Lipinski definition) is 4. The average Bonchev–Trinajstić information content (AvgIpc) is 3.24. The third-order valence-corrected chi connectivity index (χ3v) is 7.40. The van der Waals surface area contributed by atoms with Gasteiger partial charge in [0.1, 0.15) is 23.7 Å². The van der Waals surface area contributed by atoms with Crippen molar-refractivity contribution < 1.29 is 63.8 Å². The van der Waals surface area contributed by atoms with E-state index in [9.17, 15) is 29.5 Å². The van der Waals surface area contributed by atoms with Crippen molar-refractivity contribution >= 4 is 69.4 Å². The molecule has 13 nitrogen and oxygen atoms in total. The minimum Gasteiger partial charge on any atom is -0.549 e. The maximum Gasteiger partial charge on any atom is 1.00 e. The van der Waals surface area contributed by atoms with Crippen LogP contribution < -0.4 is 51.0 Å². The summed E-state index contributed by atoms with van der Waals surface area (Å²) in [5, 5.41) is 30.0. The molecule has 0 bridgehead atoms. The van der Waals surface area contributed by atoms with Gasteiger partial charge in [-0.1, -0.05) is 17.3 Å². The van der Waals surface area contributed by atoms with Gasteiger partial charge in [0, 0.05) is 30.1 Å². The van der Waals surface area contributed by atoms with Crippen LogP contribution in [0.1, 0.15) is 5.69 Å². The number of oxime groups is 1. The van der Waals surface area contributed by atoms with E-state index in [1.807, 2.05) is 0 Å². The molecule has 35 heavy (non-hydrogen) atoms. The molecular formula is C18H20ClN6NaO7S2. The Morgan fingerprint density at radius 2 is 2.23 bits per heavy atom. The molecule has 2 aliphatic heterocycles. The van der Waals surface area contributed by atoms with Gasteiger partial charge < -0.3 is 41.1 Å². The van der Waals surface area contributed by atoms with Gasteiger partial charge in [0.15, 0.2) is 10.8 Å². The largest absolute Gasteiger partial charge is 1.00 e. The number of alkyl carbamates (subject to hydrolysis) is 1. The third kappa shape index (κ3) is 6.59. The number of β-lactam (4-membered cyclic amide) rings is 1. The van der Waals surface area contributed by atoms with Crippen molar-refractivity contribution in [2.75, 3.05) is 37.1 Å². The van der Waals surface area contributed by atoms with Crippen LogP contribution in [0.4, 0.5) is 9.93 Å². The molecule has 0 radical (unpaired) electrons. The number of aliphatic carboxylic acids is 1. The number of ether oxygens (including phenoxy) is 1. The van der Waals surface area contributed by atoms with E-state index >= 15 is 0 Å². The van der Waals surface area contributed by atoms with Crippen LogP contribution in [0.2, 0.25) is 0 Å². The predicted molar refractivity (Wildman–Crippen MR) is 121 cm³/mol. The molecule has 3 rings (SSSR count). The van der Waals surface area contributed by atoms with Crippen LogP contribution in [0.25, 0.3) is 0 Å². The second kappa shape index (κ2) is 12.8. The van der Waals surface area contributed by atoms with Gasteiger partial charge in [0.2, 0.25) is 5.91 Å². The molecule has 2 saturated heterocycles. The Morgan fingerprint density at radius 1 is 1.49 bits per heavy atom. The Morgan fingerprint density at radius 3 is 2.83 bits per heavy atom. The van der Waals surface area contributed by atoms with Crippen LogP contribution >= 0.6 is 34.7 Å². The molecule has 3 atom stereocenters. The van der Waals surface area contributed by atoms with Gasteiger partial charge in [-0.2, -0.15) is 0 Å². The van der Waals surface area contributed by atoms with Crippen LogP contribution in [-0.4, -0.2) is 87.4 Å². The summed E-state index contributed by atoms with van der Waals surface area (Å²) in [7, 11) is 0. The Bertz CT molecular complexity index is 1040. The van der Waals surface area contributed by atoms with Crippen LogP contribution in [-0.2, 0) is 19.1 Å². The van der Waals surface area contributed by atoms with E-state index in [1.54, 1.807) is 0 Å². The van der Waals surface area contributed by atoms with E-state index < -0.39 is 46.4 Å². The van der Waals surface area contributed by atoms with E-state index in [4.69, 9.17) is 22.1 Å². The second-order valence-corrected chi connectivity index (χ2v) is 9.57. The first-order chi connectivity index (χ1) is 16.2. The first kappa shape index (κ1) is 29.2. The SMILES string of the molecule is Nc1nc(C(=NO)C(=O)NC2C(=O)N3CC(C=CCOC(=O)NCCCl)(C(=O)[O-])CS[C@H]23)cs1.[Na+]. The Kier molecular flexibility index (Phi) is 10.7. The molecule has 5 N–H and O–H groups in total. The number of anilines is 1. The molecule has 2 fully saturated rings. The maximum absolute atomic E-state index is 12.6. The number of rotatable bonds is 9. The van der Waals surface area contributed by atoms with Gasteiger partial charge in [-0.3, -0.25) is 9.59 Å². The Balaban J connectivity index is 0.00000432. The number of halogens is 1. The normalized spacial score (nSPS) is 23.6. The molecule has 2 unspecified atom stereocenters. The molecule has 0 aromatic carbocycles. The average molecular weight is 555 g/mol. The number of thioether (sulfide) groups is 1. The van der Waals surface area contributed by atoms with Gasteiger partial charge in [-0.25, -0.2) is 9.78 Å². The summed E-state index contributed by atoms with van der Waals surface area (Å²) in [5.41, 5.74) is 3.68. The van der Waals surface area contributed by atoms with Gasteiger partial charge in [0.05, 0.1) is 11.4 Å². The first-order valence-electron chi connectivity index (χ1n) is 9.74. The third-order valence-electron chi connectivity index (χ3n) is 4.99. The van der Waals surface area contributed by atoms with Crippen molar-refractivity contribution in [2.24, 2.45) is 10.6 Å². The number of amides is 3. The van der Waals surface area contributed by atoms with Crippen molar-refractivity contribution in [2.45, 2.75) is 11.4 Å². The molecule has 0 aliphatic carbocycles. The number of thiazole rings is 1. The molecule has 1 aromatic heterocycles. The fourth-order valence-corrected chi connectivity index (χ4v) is 5.45. The molecule has 3 heterocycles. The number of nitrogens with two attached hydrogens (primary N) is 1. The quantitative estimate of drug-likeness (QED) is 0.0439. The minimum atomic E-state index is -1.50. The van der Waals surface area contributed by atoms with Gasteiger partial charge in [-0.15, -0.1) is 34.7 Å². The number of alkyl halides is 1. The van der Waals surface area contributed by atoms with E-state index in [0.717, 1.165) is 23.1 Å². The zero-order valence-electron chi connectivity index (χ0n) is 18.4. The number of nitrogen functional groups attached to an aromatic ring is 1. The number of carbonyl (C=O) groups excluding carboxylic acids is 4. The minimum absolute atomic E-state index is 0. The summed E-state index contributed by atoms with van der Waals surface area (Å²) in [4.78, 5) is 53.7. The molecule has 0 saturated carbocycles. The molecule has 2 aliphatic rings. The first-order valence-corrected chi connectivity index (χ1v) is 12.2. The van der Waals surface area contributed by atoms with Crippen LogP contribution in [0.5, 0.6) is 0 Å². The van der Waals surface area contributed by atoms with Gasteiger partial charge >= 0.3 is 35.7 Å². The number of carbonyl (C=O) groups is 4. The second-order valence-electron chi connectivity index (χ2n) is 7.20. The van der Waals surface area contributed by atoms with E-state index in [2.05, 4.69) is 20.8 Å². The number of nitrogens with one attached hydrogen (secondary N) is 2. The van der Waals surface area contributed by atoms with Crippen molar-refractivity contribution in [1.29, 1.82) is 0 Å². The Labute approximate surface area is 234 Å². The number of carboxylic acid groups (broad SMARTS) is 1. The van der Waals surface area contributed by atoms with Crippen molar-refractivity contribution in [3.05, 3.63) is 23.2 Å². The topological polar surface area (TPSA) is 199 Å². The van der Waals surface area contributed by atoms with Crippen LogP contribution in [0.3, 0.4) is 0 Å². The smallest absolute Gasteiger partial charge is 0.549 e. The summed E-state index contributed by atoms with van der Waals surface area (Å²) in [6.07, 6.45) is 2.00. The summed E-state index contributed by atoms with van der Waals surface area (Å²) < 4.78 is 4.89. The van der Waals surface area contributed by atoms with Crippen molar-refractivity contribution in [3.8, 4) is 0 Å². The van der Waals surface area contributed by atoms with Crippen LogP contribution in [0, 0.1) is 5.41 Å². The molecule has 3 amide bonds. The summed E-state index contributed by atoms with van der Waals surface area (Å²) in [6, 6.07) is -0.942. The zero-order chi connectivity index (χ0) is 24.9. The summed E-state index contributed by atoms with van der Waals surface area (Å²) >= 11 is 7.65. The summed E-state index contributed by atoms with van der Waals surface area (Å²) in [5.74, 6) is -2.45. The number of fused-ring (bicyclic) bond motifs is 1. The number of aromatic nitrogens is 1. The molecule has 1 aromatic rings. The fraction of sp³-hybridized carbons (Fsp3) is 0.444. The number of hydrogen-bond acceptors (Lipinski definition) is 12. The maximum atomic E-state index is 12.6. The Hall–Kier alpha value is -2.04. The zero-order valence-corrected chi connectivity index (χ0v) is 22.8. The fourth-order valence-electron chi connectivity index (χ4n) is 3.30. The van der Waals surface area contributed by atoms with E-state index in [0.29, 0.717) is 0 Å². The van der Waals surface area contributed by atoms with Gasteiger partial charge in [-0.05, 0) is 0 Å². The van der Waals surface area contributed by atoms with E-state index in [1.165, 1.54) is 22.4 Å². The predicted octanol–water partition coefficient (Wildman–Crippen LogP) is -4.43. The molecule has 17 heteroatoms. The summed E-state index contributed by atoms with van der Waals surface area (Å²) in [6.45, 7) is -0.144. The van der Waals surface area contributed by atoms with Crippen molar-refractivity contribution in [3.63, 3.8) is 0 Å². The van der Waals surface area contributed by atoms with Crippen LogP contribution in [0.15, 0.2) is 22.7 Å². The molecule has 0 spiro atoms. The van der Waals surface area contributed by atoms with Gasteiger partial charge in [0.25, 0.3) is 5.91 Å². The van der Waals surface area contributed by atoms with E-state index in [-0.39, 0.29) is 71.7 Å².